The van der Waals surface area contributed by atoms with Crippen LogP contribution >= 0.6 is 43.2 Å². The summed E-state index contributed by atoms with van der Waals surface area (Å²) in [5.41, 5.74) is 1.46. The summed E-state index contributed by atoms with van der Waals surface area (Å²) < 4.78 is 28.6. The molecule has 0 aliphatic carbocycles. The summed E-state index contributed by atoms with van der Waals surface area (Å²) in [5, 5.41) is 9.01. The number of aliphatic hydroxyl groups is 1. The van der Waals surface area contributed by atoms with Gasteiger partial charge in [-0.05, 0) is 68.6 Å². The van der Waals surface area contributed by atoms with E-state index in [0.29, 0.717) is 19.5 Å². The fourth-order valence-electron chi connectivity index (χ4n) is 1.57. The Morgan fingerprint density at radius 1 is 1.25 bits per heavy atom. The van der Waals surface area contributed by atoms with Crippen LogP contribution in [0.5, 0.6) is 0 Å². The van der Waals surface area contributed by atoms with Gasteiger partial charge in [0.15, 0.2) is 0 Å². The van der Waals surface area contributed by atoms with Crippen LogP contribution in [0.3, 0.4) is 0 Å². The van der Waals surface area contributed by atoms with Gasteiger partial charge >= 0.3 is 0 Å². The maximum Gasteiger partial charge on any atom is 0.271 e. The number of rotatable bonds is 4. The summed E-state index contributed by atoms with van der Waals surface area (Å²) in [7, 11) is -3.66. The van der Waals surface area contributed by atoms with Crippen LogP contribution in [0.15, 0.2) is 37.4 Å². The van der Waals surface area contributed by atoms with Crippen molar-refractivity contribution in [3.8, 4) is 0 Å². The maximum absolute atomic E-state index is 12.3. The van der Waals surface area contributed by atoms with Crippen LogP contribution in [0.1, 0.15) is 10.4 Å². The van der Waals surface area contributed by atoms with E-state index < -0.39 is 10.0 Å². The van der Waals surface area contributed by atoms with Crippen LogP contribution in [0.2, 0.25) is 0 Å². The molecule has 0 spiro atoms. The van der Waals surface area contributed by atoms with E-state index in [1.165, 1.54) is 6.07 Å². The lowest BCUT2D eigenvalue weighted by molar-refractivity contribution is 0.285. The fourth-order valence-corrected chi connectivity index (χ4v) is 5.76. The smallest absolute Gasteiger partial charge is 0.271 e. The number of hydrogen-bond donors (Lipinski definition) is 2. The van der Waals surface area contributed by atoms with Gasteiger partial charge < -0.3 is 5.11 Å². The average molecular weight is 441 g/mol. The van der Waals surface area contributed by atoms with Crippen molar-refractivity contribution in [1.29, 1.82) is 0 Å². The maximum atomic E-state index is 12.3. The van der Waals surface area contributed by atoms with Crippen molar-refractivity contribution in [2.24, 2.45) is 0 Å². The lowest BCUT2D eigenvalue weighted by Crippen LogP contribution is -2.12. The highest BCUT2D eigenvalue weighted by molar-refractivity contribution is 9.11. The van der Waals surface area contributed by atoms with E-state index in [2.05, 4.69) is 36.6 Å². The van der Waals surface area contributed by atoms with Crippen molar-refractivity contribution in [1.82, 2.24) is 0 Å². The standard InChI is InChI=1S/C12H11Br2NO3S2/c1-7-4-9(13)12(10(14)5-7)15-20(17,18)11-3-2-8(6-16)19-11/h2-5,15-16H,6H2,1H3. The third-order valence-electron chi connectivity index (χ3n) is 2.48. The predicted molar refractivity (Wildman–Crippen MR) is 87.6 cm³/mol. The molecule has 1 heterocycles. The molecule has 0 aliphatic rings. The van der Waals surface area contributed by atoms with Gasteiger partial charge in [0.2, 0.25) is 0 Å². The van der Waals surface area contributed by atoms with Crippen molar-refractivity contribution in [2.75, 3.05) is 4.72 Å². The Kier molecular flexibility index (Phi) is 4.91. The van der Waals surface area contributed by atoms with Gasteiger partial charge in [-0.2, -0.15) is 0 Å². The number of halogens is 2. The molecular formula is C12H11Br2NO3S2. The van der Waals surface area contributed by atoms with Gasteiger partial charge in [-0.1, -0.05) is 0 Å². The number of anilines is 1. The molecule has 0 fully saturated rings. The largest absolute Gasteiger partial charge is 0.391 e. The Bertz CT molecular complexity index is 718. The van der Waals surface area contributed by atoms with Gasteiger partial charge in [0.1, 0.15) is 4.21 Å². The molecule has 2 aromatic rings. The molecule has 1 aromatic carbocycles. The average Bonchev–Trinajstić information content (AvgIpc) is 2.83. The van der Waals surface area contributed by atoms with Gasteiger partial charge in [-0.3, -0.25) is 4.72 Å². The highest BCUT2D eigenvalue weighted by Gasteiger charge is 2.19. The summed E-state index contributed by atoms with van der Waals surface area (Å²) in [6, 6.07) is 6.74. The van der Waals surface area contributed by atoms with Crippen molar-refractivity contribution >= 4 is 58.9 Å². The number of nitrogens with one attached hydrogen (secondary N) is 1. The summed E-state index contributed by atoms with van der Waals surface area (Å²) >= 11 is 7.74. The van der Waals surface area contributed by atoms with Crippen LogP contribution in [0.4, 0.5) is 5.69 Å². The molecule has 0 aliphatic heterocycles. The molecule has 4 nitrogen and oxygen atoms in total. The SMILES string of the molecule is Cc1cc(Br)c(NS(=O)(=O)c2ccc(CO)s2)c(Br)c1. The molecule has 0 bridgehead atoms. The lowest BCUT2D eigenvalue weighted by atomic mass is 10.2. The zero-order valence-electron chi connectivity index (χ0n) is 10.4. The second-order valence-electron chi connectivity index (χ2n) is 4.09. The highest BCUT2D eigenvalue weighted by atomic mass is 79.9. The highest BCUT2D eigenvalue weighted by Crippen LogP contribution is 2.34. The first-order chi connectivity index (χ1) is 9.33. The first-order valence-corrected chi connectivity index (χ1v) is 9.40. The second-order valence-corrected chi connectivity index (χ2v) is 8.87. The Morgan fingerprint density at radius 2 is 1.85 bits per heavy atom. The quantitative estimate of drug-likeness (QED) is 0.758. The molecule has 0 atom stereocenters. The molecule has 1 aromatic heterocycles. The fraction of sp³-hybridized carbons (Fsp3) is 0.167. The lowest BCUT2D eigenvalue weighted by Gasteiger charge is -2.11. The Morgan fingerprint density at radius 3 is 2.35 bits per heavy atom. The molecule has 2 rings (SSSR count). The van der Waals surface area contributed by atoms with Crippen LogP contribution in [0, 0.1) is 6.92 Å². The van der Waals surface area contributed by atoms with E-state index >= 15 is 0 Å². The summed E-state index contributed by atoms with van der Waals surface area (Å²) in [6.07, 6.45) is 0. The molecule has 8 heteroatoms. The number of aryl methyl sites for hydroxylation is 1. The molecule has 2 N–H and O–H groups in total. The minimum atomic E-state index is -3.66. The monoisotopic (exact) mass is 439 g/mol. The zero-order valence-corrected chi connectivity index (χ0v) is 15.2. The number of aliphatic hydroxyl groups excluding tert-OH is 1. The molecule has 108 valence electrons. The van der Waals surface area contributed by atoms with E-state index in [4.69, 9.17) is 5.11 Å². The van der Waals surface area contributed by atoms with E-state index in [9.17, 15) is 8.42 Å². The molecule has 0 saturated heterocycles. The Labute approximate surface area is 138 Å². The molecule has 0 amide bonds. The van der Waals surface area contributed by atoms with Crippen LogP contribution in [-0.4, -0.2) is 13.5 Å². The third kappa shape index (κ3) is 3.43. The Hall–Kier alpha value is -0.410. The van der Waals surface area contributed by atoms with Crippen molar-refractivity contribution in [3.63, 3.8) is 0 Å². The third-order valence-corrected chi connectivity index (χ3v) is 6.64. The second kappa shape index (κ2) is 6.15. The Balaban J connectivity index is 2.38. The molecule has 0 saturated carbocycles. The van der Waals surface area contributed by atoms with Crippen LogP contribution < -0.4 is 4.72 Å². The number of hydrogen-bond acceptors (Lipinski definition) is 4. The normalized spacial score (nSPS) is 11.6. The minimum absolute atomic E-state index is 0.168. The first kappa shape index (κ1) is 16.0. The first-order valence-electron chi connectivity index (χ1n) is 5.51. The molecule has 20 heavy (non-hydrogen) atoms. The predicted octanol–water partition coefficient (Wildman–Crippen LogP) is 3.87. The van der Waals surface area contributed by atoms with Crippen molar-refractivity contribution < 1.29 is 13.5 Å². The number of sulfonamides is 1. The molecular weight excluding hydrogens is 430 g/mol. The summed E-state index contributed by atoms with van der Waals surface area (Å²) in [5.74, 6) is 0. The van der Waals surface area contributed by atoms with E-state index in [0.717, 1.165) is 16.9 Å². The zero-order chi connectivity index (χ0) is 14.9. The number of benzene rings is 1. The van der Waals surface area contributed by atoms with E-state index in [1.54, 1.807) is 6.07 Å². The van der Waals surface area contributed by atoms with E-state index in [-0.39, 0.29) is 10.8 Å². The minimum Gasteiger partial charge on any atom is -0.391 e. The summed E-state index contributed by atoms with van der Waals surface area (Å²) in [4.78, 5) is 0.604. The van der Waals surface area contributed by atoms with Crippen LogP contribution in [0.25, 0.3) is 0 Å². The van der Waals surface area contributed by atoms with Gasteiger partial charge in [0.05, 0.1) is 12.3 Å². The van der Waals surface area contributed by atoms with Gasteiger partial charge in [-0.15, -0.1) is 11.3 Å². The van der Waals surface area contributed by atoms with Crippen LogP contribution in [-0.2, 0) is 16.6 Å². The van der Waals surface area contributed by atoms with Gasteiger partial charge in [0, 0.05) is 13.8 Å². The van der Waals surface area contributed by atoms with Crippen molar-refractivity contribution in [2.45, 2.75) is 17.7 Å². The molecule has 0 radical (unpaired) electrons. The molecule has 0 unspecified atom stereocenters. The number of thiophene rings is 1. The summed E-state index contributed by atoms with van der Waals surface area (Å²) in [6.45, 7) is 1.75. The van der Waals surface area contributed by atoms with E-state index in [1.807, 2.05) is 19.1 Å². The van der Waals surface area contributed by atoms with Gasteiger partial charge in [0.25, 0.3) is 10.0 Å². The topological polar surface area (TPSA) is 66.4 Å². The van der Waals surface area contributed by atoms with Gasteiger partial charge in [-0.25, -0.2) is 8.42 Å². The van der Waals surface area contributed by atoms with Crippen molar-refractivity contribution in [3.05, 3.63) is 43.7 Å².